The standard InChI is InChI=1S/C22H24N2O4S/c1-29(27,28)24-19-14-18(12-13-20(19)25)21(26)15-23-22(16-8-4-2-5-9-16)17-10-6-3-7-11-17/h2-14,21-26H,15H2,1H3/t21-/m0/s1. The van der Waals surface area contributed by atoms with Gasteiger partial charge in [-0.25, -0.2) is 8.42 Å². The van der Waals surface area contributed by atoms with Crippen molar-refractivity contribution in [3.8, 4) is 5.75 Å². The lowest BCUT2D eigenvalue weighted by Crippen LogP contribution is -2.27. The highest BCUT2D eigenvalue weighted by Gasteiger charge is 2.17. The van der Waals surface area contributed by atoms with Gasteiger partial charge in [0, 0.05) is 6.54 Å². The molecule has 0 saturated heterocycles. The predicted octanol–water partition coefficient (Wildman–Crippen LogP) is 3.18. The molecule has 6 nitrogen and oxygen atoms in total. The van der Waals surface area contributed by atoms with Crippen LogP contribution >= 0.6 is 0 Å². The van der Waals surface area contributed by atoms with Crippen molar-refractivity contribution < 1.29 is 18.6 Å². The third-order valence-corrected chi connectivity index (χ3v) is 5.07. The smallest absolute Gasteiger partial charge is 0.229 e. The molecule has 0 aliphatic heterocycles. The summed E-state index contributed by atoms with van der Waals surface area (Å²) in [6.45, 7) is 0.234. The average Bonchev–Trinajstić information content (AvgIpc) is 2.70. The molecule has 0 saturated carbocycles. The number of aliphatic hydroxyl groups is 1. The van der Waals surface area contributed by atoms with E-state index in [1.165, 1.54) is 12.1 Å². The first-order valence-electron chi connectivity index (χ1n) is 9.15. The van der Waals surface area contributed by atoms with E-state index in [-0.39, 0.29) is 24.0 Å². The Bertz CT molecular complexity index is 1000. The van der Waals surface area contributed by atoms with Crippen LogP contribution in [0.3, 0.4) is 0 Å². The van der Waals surface area contributed by atoms with Gasteiger partial charge < -0.3 is 15.5 Å². The first-order valence-corrected chi connectivity index (χ1v) is 11.0. The number of phenols is 1. The maximum Gasteiger partial charge on any atom is 0.229 e. The zero-order valence-electron chi connectivity index (χ0n) is 16.0. The Labute approximate surface area is 170 Å². The van der Waals surface area contributed by atoms with Gasteiger partial charge in [-0.3, -0.25) is 4.72 Å². The Balaban J connectivity index is 1.79. The molecule has 0 radical (unpaired) electrons. The molecule has 0 heterocycles. The molecule has 0 fully saturated rings. The van der Waals surface area contributed by atoms with E-state index in [1.54, 1.807) is 6.07 Å². The van der Waals surface area contributed by atoms with Crippen molar-refractivity contribution >= 4 is 15.7 Å². The summed E-state index contributed by atoms with van der Waals surface area (Å²) in [5.41, 5.74) is 2.65. The van der Waals surface area contributed by atoms with Crippen LogP contribution in [0.5, 0.6) is 5.75 Å². The number of nitrogens with one attached hydrogen (secondary N) is 2. The minimum absolute atomic E-state index is 0.0340. The monoisotopic (exact) mass is 412 g/mol. The Morgan fingerprint density at radius 2 is 1.41 bits per heavy atom. The molecule has 3 rings (SSSR count). The third kappa shape index (κ3) is 5.80. The Kier molecular flexibility index (Phi) is 6.53. The number of benzene rings is 3. The zero-order chi connectivity index (χ0) is 20.9. The van der Waals surface area contributed by atoms with Gasteiger partial charge in [0.15, 0.2) is 0 Å². The molecule has 0 aliphatic carbocycles. The quantitative estimate of drug-likeness (QED) is 0.426. The highest BCUT2D eigenvalue weighted by atomic mass is 32.2. The van der Waals surface area contributed by atoms with Gasteiger partial charge in [-0.05, 0) is 28.8 Å². The molecule has 0 amide bonds. The number of rotatable bonds is 8. The second kappa shape index (κ2) is 9.09. The van der Waals surface area contributed by atoms with Gasteiger partial charge in [0.2, 0.25) is 10.0 Å². The van der Waals surface area contributed by atoms with E-state index in [2.05, 4.69) is 10.0 Å². The first-order chi connectivity index (χ1) is 13.8. The van der Waals surface area contributed by atoms with E-state index in [1.807, 2.05) is 60.7 Å². The summed E-state index contributed by atoms with van der Waals surface area (Å²) in [5.74, 6) is -0.203. The van der Waals surface area contributed by atoms with Crippen molar-refractivity contribution in [2.24, 2.45) is 0 Å². The summed E-state index contributed by atoms with van der Waals surface area (Å²) in [5, 5.41) is 23.9. The van der Waals surface area contributed by atoms with Crippen LogP contribution in [-0.4, -0.2) is 31.4 Å². The lowest BCUT2D eigenvalue weighted by Gasteiger charge is -2.22. The van der Waals surface area contributed by atoms with Crippen LogP contribution in [-0.2, 0) is 10.0 Å². The minimum atomic E-state index is -3.55. The summed E-state index contributed by atoms with van der Waals surface area (Å²) in [4.78, 5) is 0. The summed E-state index contributed by atoms with van der Waals surface area (Å²) < 4.78 is 25.2. The van der Waals surface area contributed by atoms with Gasteiger partial charge in [-0.15, -0.1) is 0 Å². The molecule has 0 aromatic heterocycles. The molecule has 152 valence electrons. The van der Waals surface area contributed by atoms with Crippen LogP contribution in [0.25, 0.3) is 0 Å². The molecule has 7 heteroatoms. The van der Waals surface area contributed by atoms with E-state index in [0.29, 0.717) is 5.56 Å². The van der Waals surface area contributed by atoms with E-state index in [4.69, 9.17) is 0 Å². The normalized spacial score (nSPS) is 12.7. The van der Waals surface area contributed by atoms with E-state index < -0.39 is 16.1 Å². The molecule has 3 aromatic rings. The van der Waals surface area contributed by atoms with Crippen LogP contribution in [0.4, 0.5) is 5.69 Å². The van der Waals surface area contributed by atoms with E-state index in [0.717, 1.165) is 17.4 Å². The van der Waals surface area contributed by atoms with Gasteiger partial charge in [0.05, 0.1) is 24.1 Å². The highest BCUT2D eigenvalue weighted by molar-refractivity contribution is 7.92. The Hall–Kier alpha value is -2.87. The fourth-order valence-electron chi connectivity index (χ4n) is 3.11. The van der Waals surface area contributed by atoms with Gasteiger partial charge in [-0.1, -0.05) is 66.7 Å². The average molecular weight is 413 g/mol. The SMILES string of the molecule is CS(=O)(=O)Nc1cc([C@@H](O)CNC(c2ccccc2)c2ccccc2)ccc1O. The summed E-state index contributed by atoms with van der Waals surface area (Å²) in [7, 11) is -3.55. The molecule has 3 aromatic carbocycles. The number of phenolic OH excluding ortho intramolecular Hbond substituents is 1. The van der Waals surface area contributed by atoms with Crippen LogP contribution in [0, 0.1) is 0 Å². The second-order valence-corrected chi connectivity index (χ2v) is 8.58. The summed E-state index contributed by atoms with van der Waals surface area (Å²) >= 11 is 0. The van der Waals surface area contributed by atoms with Gasteiger partial charge in [0.25, 0.3) is 0 Å². The molecule has 0 bridgehead atoms. The fourth-order valence-corrected chi connectivity index (χ4v) is 3.67. The number of hydrogen-bond acceptors (Lipinski definition) is 5. The second-order valence-electron chi connectivity index (χ2n) is 6.83. The molecule has 1 atom stereocenters. The van der Waals surface area contributed by atoms with Crippen molar-refractivity contribution in [1.82, 2.24) is 5.32 Å². The summed E-state index contributed by atoms with van der Waals surface area (Å²) in [6.07, 6.45) is 0.104. The highest BCUT2D eigenvalue weighted by Crippen LogP contribution is 2.28. The molecule has 0 unspecified atom stereocenters. The molecule has 29 heavy (non-hydrogen) atoms. The van der Waals surface area contributed by atoms with Crippen molar-refractivity contribution in [3.63, 3.8) is 0 Å². The number of anilines is 1. The number of aromatic hydroxyl groups is 1. The van der Waals surface area contributed by atoms with Crippen LogP contribution < -0.4 is 10.0 Å². The van der Waals surface area contributed by atoms with Gasteiger partial charge in [-0.2, -0.15) is 0 Å². The van der Waals surface area contributed by atoms with Gasteiger partial charge in [0.1, 0.15) is 5.75 Å². The van der Waals surface area contributed by atoms with Crippen LogP contribution in [0.2, 0.25) is 0 Å². The molecule has 0 spiro atoms. The van der Waals surface area contributed by atoms with Crippen molar-refractivity contribution in [2.45, 2.75) is 12.1 Å². The molecule has 4 N–H and O–H groups in total. The largest absolute Gasteiger partial charge is 0.506 e. The topological polar surface area (TPSA) is 98.7 Å². The van der Waals surface area contributed by atoms with Crippen molar-refractivity contribution in [1.29, 1.82) is 0 Å². The molecular formula is C22H24N2O4S. The molecule has 0 aliphatic rings. The zero-order valence-corrected chi connectivity index (χ0v) is 16.8. The van der Waals surface area contributed by atoms with Crippen molar-refractivity contribution in [2.75, 3.05) is 17.5 Å². The first kappa shape index (κ1) is 20.9. The number of aliphatic hydroxyl groups excluding tert-OH is 1. The Morgan fingerprint density at radius 3 is 1.93 bits per heavy atom. The van der Waals surface area contributed by atoms with E-state index >= 15 is 0 Å². The van der Waals surface area contributed by atoms with Gasteiger partial charge >= 0.3 is 0 Å². The molecular weight excluding hydrogens is 388 g/mol. The lowest BCUT2D eigenvalue weighted by atomic mass is 9.98. The maximum atomic E-state index is 11.5. The minimum Gasteiger partial charge on any atom is -0.506 e. The number of hydrogen-bond donors (Lipinski definition) is 4. The maximum absolute atomic E-state index is 11.5. The lowest BCUT2D eigenvalue weighted by molar-refractivity contribution is 0.172. The number of sulfonamides is 1. The predicted molar refractivity (Wildman–Crippen MR) is 114 cm³/mol. The van der Waals surface area contributed by atoms with Crippen LogP contribution in [0.15, 0.2) is 78.9 Å². The summed E-state index contributed by atoms with van der Waals surface area (Å²) in [6, 6.07) is 24.1. The fraction of sp³-hybridized carbons (Fsp3) is 0.182. The Morgan fingerprint density at radius 1 is 0.862 bits per heavy atom. The third-order valence-electron chi connectivity index (χ3n) is 4.48. The van der Waals surface area contributed by atoms with Crippen molar-refractivity contribution in [3.05, 3.63) is 95.6 Å². The van der Waals surface area contributed by atoms with E-state index in [9.17, 15) is 18.6 Å². The van der Waals surface area contributed by atoms with Crippen LogP contribution in [0.1, 0.15) is 28.8 Å².